The summed E-state index contributed by atoms with van der Waals surface area (Å²) in [5.74, 6) is 0.935. The summed E-state index contributed by atoms with van der Waals surface area (Å²) in [4.78, 5) is 8.42. The predicted octanol–water partition coefficient (Wildman–Crippen LogP) is 1.19. The maximum absolute atomic E-state index is 5.47. The minimum atomic E-state index is 0.355. The Balaban J connectivity index is 2.11. The van der Waals surface area contributed by atoms with Crippen molar-refractivity contribution in [3.8, 4) is 11.6 Å². The van der Waals surface area contributed by atoms with Crippen molar-refractivity contribution in [2.45, 2.75) is 20.1 Å². The number of aromatic nitrogens is 3. The molecule has 2 rings (SSSR count). The van der Waals surface area contributed by atoms with Gasteiger partial charge in [0.2, 0.25) is 0 Å². The molecular weight excluding hydrogens is 228 g/mol. The van der Waals surface area contributed by atoms with E-state index in [4.69, 9.17) is 15.0 Å². The van der Waals surface area contributed by atoms with Gasteiger partial charge in [0.25, 0.3) is 5.89 Å². The summed E-state index contributed by atoms with van der Waals surface area (Å²) >= 11 is 1.48. The fourth-order valence-corrected chi connectivity index (χ4v) is 1.76. The van der Waals surface area contributed by atoms with E-state index in [0.29, 0.717) is 37.2 Å². The van der Waals surface area contributed by atoms with Crippen molar-refractivity contribution in [2.75, 3.05) is 6.61 Å². The summed E-state index contributed by atoms with van der Waals surface area (Å²) in [6.45, 7) is 3.31. The molecule has 0 saturated heterocycles. The van der Waals surface area contributed by atoms with Crippen molar-refractivity contribution in [3.63, 3.8) is 0 Å². The molecule has 2 N–H and O–H groups in total. The molecule has 0 aliphatic carbocycles. The van der Waals surface area contributed by atoms with Crippen molar-refractivity contribution in [3.05, 3.63) is 16.2 Å². The van der Waals surface area contributed by atoms with Gasteiger partial charge in [-0.1, -0.05) is 5.16 Å². The van der Waals surface area contributed by atoms with Gasteiger partial charge in [0.1, 0.15) is 17.3 Å². The van der Waals surface area contributed by atoms with Gasteiger partial charge in [0.15, 0.2) is 5.82 Å². The molecule has 0 atom stereocenters. The first-order valence-electron chi connectivity index (χ1n) is 4.88. The molecule has 0 fully saturated rings. The molecule has 0 amide bonds. The van der Waals surface area contributed by atoms with Crippen LogP contribution in [0.5, 0.6) is 0 Å². The van der Waals surface area contributed by atoms with E-state index < -0.39 is 0 Å². The zero-order valence-electron chi connectivity index (χ0n) is 8.84. The van der Waals surface area contributed by atoms with Crippen molar-refractivity contribution in [1.82, 2.24) is 15.1 Å². The first kappa shape index (κ1) is 11.2. The SMILES string of the molecule is CCOCc1noc(-c2csc(CN)n2)n1. The molecule has 0 aliphatic rings. The van der Waals surface area contributed by atoms with Crippen molar-refractivity contribution in [2.24, 2.45) is 5.73 Å². The Hall–Kier alpha value is -1.31. The van der Waals surface area contributed by atoms with Crippen LogP contribution in [0.3, 0.4) is 0 Å². The Bertz CT molecular complexity index is 454. The normalized spacial score (nSPS) is 10.9. The second kappa shape index (κ2) is 5.15. The van der Waals surface area contributed by atoms with Crippen LogP contribution in [-0.4, -0.2) is 21.7 Å². The van der Waals surface area contributed by atoms with E-state index in [2.05, 4.69) is 15.1 Å². The van der Waals surface area contributed by atoms with Crippen LogP contribution in [0.1, 0.15) is 17.8 Å². The monoisotopic (exact) mass is 240 g/mol. The third-order valence-electron chi connectivity index (χ3n) is 1.85. The van der Waals surface area contributed by atoms with Gasteiger partial charge in [0.05, 0.1) is 0 Å². The second-order valence-electron chi connectivity index (χ2n) is 2.98. The van der Waals surface area contributed by atoms with E-state index in [1.54, 1.807) is 0 Å². The van der Waals surface area contributed by atoms with Gasteiger partial charge in [-0.3, -0.25) is 0 Å². The minimum absolute atomic E-state index is 0.355. The molecule has 2 aromatic heterocycles. The molecule has 0 aromatic carbocycles. The van der Waals surface area contributed by atoms with E-state index in [1.165, 1.54) is 11.3 Å². The zero-order valence-corrected chi connectivity index (χ0v) is 9.66. The second-order valence-corrected chi connectivity index (χ2v) is 3.93. The van der Waals surface area contributed by atoms with Gasteiger partial charge in [-0.15, -0.1) is 11.3 Å². The summed E-state index contributed by atoms with van der Waals surface area (Å²) in [5.41, 5.74) is 6.14. The fraction of sp³-hybridized carbons (Fsp3) is 0.444. The molecule has 7 heteroatoms. The molecule has 0 aliphatic heterocycles. The highest BCUT2D eigenvalue weighted by atomic mass is 32.1. The van der Waals surface area contributed by atoms with Crippen LogP contribution >= 0.6 is 11.3 Å². The molecule has 0 saturated carbocycles. The van der Waals surface area contributed by atoms with Crippen LogP contribution in [0.25, 0.3) is 11.6 Å². The quantitative estimate of drug-likeness (QED) is 0.844. The van der Waals surface area contributed by atoms with Crippen LogP contribution in [0.2, 0.25) is 0 Å². The standard InChI is InChI=1S/C9H12N4O2S/c1-2-14-4-7-12-9(15-13-7)6-5-16-8(3-10)11-6/h5H,2-4,10H2,1H3. The number of hydrogen-bond donors (Lipinski definition) is 1. The van der Waals surface area contributed by atoms with Gasteiger partial charge < -0.3 is 15.0 Å². The van der Waals surface area contributed by atoms with Crippen molar-refractivity contribution in [1.29, 1.82) is 0 Å². The number of ether oxygens (including phenoxy) is 1. The average molecular weight is 240 g/mol. The summed E-state index contributed by atoms with van der Waals surface area (Å²) in [7, 11) is 0. The summed E-state index contributed by atoms with van der Waals surface area (Å²) in [5, 5.41) is 6.48. The fourth-order valence-electron chi connectivity index (χ4n) is 1.11. The lowest BCUT2D eigenvalue weighted by molar-refractivity contribution is 0.126. The number of thiazole rings is 1. The molecular formula is C9H12N4O2S. The summed E-state index contributed by atoms with van der Waals surface area (Å²) < 4.78 is 10.2. The van der Waals surface area contributed by atoms with Crippen LogP contribution in [0.15, 0.2) is 9.90 Å². The number of hydrogen-bond acceptors (Lipinski definition) is 7. The number of nitrogens with zero attached hydrogens (tertiary/aromatic N) is 3. The molecule has 0 spiro atoms. The Morgan fingerprint density at radius 3 is 3.06 bits per heavy atom. The highest BCUT2D eigenvalue weighted by molar-refractivity contribution is 7.09. The summed E-state index contributed by atoms with van der Waals surface area (Å²) in [6, 6.07) is 0. The third-order valence-corrected chi connectivity index (χ3v) is 2.72. The Labute approximate surface area is 96.4 Å². The first-order chi connectivity index (χ1) is 7.83. The van der Waals surface area contributed by atoms with Crippen molar-refractivity contribution < 1.29 is 9.26 Å². The van der Waals surface area contributed by atoms with Gasteiger partial charge >= 0.3 is 0 Å². The maximum Gasteiger partial charge on any atom is 0.277 e. The molecule has 0 radical (unpaired) electrons. The van der Waals surface area contributed by atoms with Crippen molar-refractivity contribution >= 4 is 11.3 Å². The Morgan fingerprint density at radius 1 is 1.50 bits per heavy atom. The first-order valence-corrected chi connectivity index (χ1v) is 5.76. The minimum Gasteiger partial charge on any atom is -0.374 e. The molecule has 2 aromatic rings. The van der Waals surface area contributed by atoms with E-state index in [9.17, 15) is 0 Å². The molecule has 86 valence electrons. The number of rotatable bonds is 5. The summed E-state index contributed by atoms with van der Waals surface area (Å²) in [6.07, 6.45) is 0. The van der Waals surface area contributed by atoms with Gasteiger partial charge in [-0.25, -0.2) is 4.98 Å². The van der Waals surface area contributed by atoms with Crippen LogP contribution < -0.4 is 5.73 Å². The third kappa shape index (κ3) is 2.43. The van der Waals surface area contributed by atoms with Crippen LogP contribution in [0.4, 0.5) is 0 Å². The zero-order chi connectivity index (χ0) is 11.4. The molecule has 0 unspecified atom stereocenters. The van der Waals surface area contributed by atoms with E-state index in [1.807, 2.05) is 12.3 Å². The van der Waals surface area contributed by atoms with E-state index >= 15 is 0 Å². The lowest BCUT2D eigenvalue weighted by Crippen LogP contribution is -1.95. The Kier molecular flexibility index (Phi) is 3.60. The maximum atomic E-state index is 5.47. The molecule has 6 nitrogen and oxygen atoms in total. The average Bonchev–Trinajstić information content (AvgIpc) is 2.94. The van der Waals surface area contributed by atoms with E-state index in [0.717, 1.165) is 5.01 Å². The predicted molar refractivity (Wildman–Crippen MR) is 58.6 cm³/mol. The smallest absolute Gasteiger partial charge is 0.277 e. The Morgan fingerprint density at radius 2 is 2.38 bits per heavy atom. The largest absolute Gasteiger partial charge is 0.374 e. The van der Waals surface area contributed by atoms with E-state index in [-0.39, 0.29) is 0 Å². The molecule has 2 heterocycles. The lowest BCUT2D eigenvalue weighted by atomic mass is 10.5. The van der Waals surface area contributed by atoms with Gasteiger partial charge in [-0.05, 0) is 6.92 Å². The molecule has 16 heavy (non-hydrogen) atoms. The van der Waals surface area contributed by atoms with Crippen LogP contribution in [0, 0.1) is 0 Å². The number of nitrogens with two attached hydrogens (primary N) is 1. The lowest BCUT2D eigenvalue weighted by Gasteiger charge is -1.91. The van der Waals surface area contributed by atoms with Crippen LogP contribution in [-0.2, 0) is 17.9 Å². The topological polar surface area (TPSA) is 87.1 Å². The van der Waals surface area contributed by atoms with Gasteiger partial charge in [0, 0.05) is 18.5 Å². The highest BCUT2D eigenvalue weighted by Crippen LogP contribution is 2.19. The van der Waals surface area contributed by atoms with Gasteiger partial charge in [-0.2, -0.15) is 4.98 Å². The molecule has 0 bridgehead atoms. The highest BCUT2D eigenvalue weighted by Gasteiger charge is 2.11.